The maximum atomic E-state index is 15.4. The number of piperidine rings is 1. The van der Waals surface area contributed by atoms with Crippen molar-refractivity contribution in [3.05, 3.63) is 106 Å². The third kappa shape index (κ3) is 8.95. The van der Waals surface area contributed by atoms with E-state index in [0.717, 1.165) is 75.5 Å². The Balaban J connectivity index is 0.879. The van der Waals surface area contributed by atoms with Crippen molar-refractivity contribution >= 4 is 55.4 Å². The maximum absolute atomic E-state index is 15.4. The molecular weight excluding hydrogens is 920 g/mol. The standard InChI is InChI=1S/C51H59FN8O9S/c1-33-5-2-3-6-38(33)45-30-67-21-4-18-58(45)36-28-50(29-36)13-19-57(20-14-50)35-7-9-39(42(26-35)59-41-12-22-68-31-46(41)69-49-44(59)25-34-11-17-53-47(34)55-49)48(61)56-70(64,65)37-8-10-40(43(27-37)60(62)63)54-32-51(52)15-23-66-24-16-51/h2-3,5-11,17,25-27,36,41,45-46,54H,4,12-16,18-24,28-32H2,1H3,(H,53,55)(H,56,61)/t41-,45-,46-/m0/s1. The van der Waals surface area contributed by atoms with Gasteiger partial charge in [-0.25, -0.2) is 17.5 Å². The van der Waals surface area contributed by atoms with E-state index in [1.807, 2.05) is 24.3 Å². The predicted octanol–water partition coefficient (Wildman–Crippen LogP) is 7.73. The van der Waals surface area contributed by atoms with Gasteiger partial charge in [-0.15, -0.1) is 0 Å². The Morgan fingerprint density at radius 3 is 2.53 bits per heavy atom. The number of nitro groups is 1. The summed E-state index contributed by atoms with van der Waals surface area (Å²) in [5.41, 5.74) is 3.32. The second kappa shape index (κ2) is 18.7. The summed E-state index contributed by atoms with van der Waals surface area (Å²) >= 11 is 0. The molecule has 6 aliphatic rings. The zero-order valence-corrected chi connectivity index (χ0v) is 40.1. The number of anilines is 4. The number of carbonyl (C=O) groups excluding carboxylic acids is 1. The molecule has 1 spiro atoms. The lowest BCUT2D eigenvalue weighted by atomic mass is 9.59. The van der Waals surface area contributed by atoms with Crippen LogP contribution in [0, 0.1) is 22.5 Å². The number of hydrogen-bond acceptors (Lipinski definition) is 14. The number of carbonyl (C=O) groups is 1. The van der Waals surface area contributed by atoms with Gasteiger partial charge in [0.1, 0.15) is 28.8 Å². The van der Waals surface area contributed by atoms with Crippen LogP contribution in [0.4, 0.5) is 32.8 Å². The molecule has 1 amide bonds. The number of nitrogens with zero attached hydrogens (tertiary/aromatic N) is 5. The predicted molar refractivity (Wildman–Crippen MR) is 261 cm³/mol. The molecule has 0 bridgehead atoms. The van der Waals surface area contributed by atoms with Gasteiger partial charge < -0.3 is 39.0 Å². The van der Waals surface area contributed by atoms with Crippen molar-refractivity contribution in [2.24, 2.45) is 5.41 Å². The number of halogens is 1. The molecule has 3 N–H and O–H groups in total. The molecule has 5 fully saturated rings. The molecule has 11 rings (SSSR count). The monoisotopic (exact) mass is 978 g/mol. The highest BCUT2D eigenvalue weighted by Crippen LogP contribution is 2.54. The Morgan fingerprint density at radius 2 is 1.73 bits per heavy atom. The minimum absolute atomic E-state index is 0.0427. The van der Waals surface area contributed by atoms with E-state index < -0.39 is 43.2 Å². The first-order valence-corrected chi connectivity index (χ1v) is 26.0. The summed E-state index contributed by atoms with van der Waals surface area (Å²) in [6.45, 7) is 7.28. The third-order valence-corrected chi connectivity index (χ3v) is 17.0. The summed E-state index contributed by atoms with van der Waals surface area (Å²) in [7, 11) is -4.68. The molecule has 17 nitrogen and oxygen atoms in total. The SMILES string of the molecule is Cc1ccccc1[C@@H]1COCCCN1C1CC2(CCN(c3ccc(C(=O)NS(=O)(=O)c4ccc(NCC5(F)CCOCC5)c([N+](=O)[O-])c4)c(N4c5cc6cc[nH]c6nc5O[C@H]5COCC[C@@H]54)c3)CC2)C1. The van der Waals surface area contributed by atoms with E-state index in [2.05, 4.69) is 60.9 Å². The first-order valence-electron chi connectivity index (χ1n) is 24.5. The number of pyridine rings is 1. The summed E-state index contributed by atoms with van der Waals surface area (Å²) < 4.78 is 69.6. The van der Waals surface area contributed by atoms with Gasteiger partial charge >= 0.3 is 0 Å². The lowest BCUT2D eigenvalue weighted by molar-refractivity contribution is -0.384. The van der Waals surface area contributed by atoms with Crippen LogP contribution >= 0.6 is 0 Å². The molecule has 5 aliphatic heterocycles. The summed E-state index contributed by atoms with van der Waals surface area (Å²) in [4.78, 5) is 40.8. The molecule has 0 radical (unpaired) electrons. The van der Waals surface area contributed by atoms with Crippen LogP contribution in [-0.4, -0.2) is 124 Å². The first-order chi connectivity index (χ1) is 33.9. The summed E-state index contributed by atoms with van der Waals surface area (Å²) in [6.07, 6.45) is 7.47. The van der Waals surface area contributed by atoms with Gasteiger partial charge in [-0.1, -0.05) is 24.3 Å². The minimum Gasteiger partial charge on any atom is -0.468 e. The van der Waals surface area contributed by atoms with E-state index >= 15 is 4.39 Å². The molecule has 1 aliphatic carbocycles. The topological polar surface area (TPSA) is 194 Å². The van der Waals surface area contributed by atoms with Gasteiger partial charge in [-0.05, 0) is 104 Å². The number of nitro benzene ring substituents is 1. The summed E-state index contributed by atoms with van der Waals surface area (Å²) in [6, 6.07) is 21.7. The third-order valence-electron chi connectivity index (χ3n) is 15.7. The maximum Gasteiger partial charge on any atom is 0.293 e. The Bertz CT molecular complexity index is 2900. The minimum atomic E-state index is -4.68. The highest BCUT2D eigenvalue weighted by atomic mass is 32.2. The van der Waals surface area contributed by atoms with Crippen molar-refractivity contribution in [2.45, 2.75) is 93.1 Å². The number of hydrogen-bond donors (Lipinski definition) is 3. The number of amides is 1. The van der Waals surface area contributed by atoms with Crippen molar-refractivity contribution in [2.75, 3.05) is 80.9 Å². The smallest absolute Gasteiger partial charge is 0.293 e. The Morgan fingerprint density at radius 1 is 0.929 bits per heavy atom. The second-order valence-electron chi connectivity index (χ2n) is 20.0. The molecule has 3 aromatic carbocycles. The fourth-order valence-corrected chi connectivity index (χ4v) is 12.7. The van der Waals surface area contributed by atoms with Crippen LogP contribution in [-0.2, 0) is 24.2 Å². The van der Waals surface area contributed by atoms with E-state index in [9.17, 15) is 23.3 Å². The number of rotatable bonds is 11. The van der Waals surface area contributed by atoms with E-state index in [-0.39, 0.29) is 68.0 Å². The van der Waals surface area contributed by atoms with Crippen molar-refractivity contribution in [3.8, 4) is 5.88 Å². The zero-order valence-electron chi connectivity index (χ0n) is 39.2. The van der Waals surface area contributed by atoms with Gasteiger partial charge in [0.05, 0.1) is 46.4 Å². The molecule has 0 unspecified atom stereocenters. The number of aromatic amines is 1. The first kappa shape index (κ1) is 46.5. The quantitative estimate of drug-likeness (QED) is 0.0860. The van der Waals surface area contributed by atoms with Gasteiger partial charge in [0.15, 0.2) is 0 Å². The van der Waals surface area contributed by atoms with Gasteiger partial charge in [0, 0.05) is 94.8 Å². The normalized spacial score (nSPS) is 23.7. The van der Waals surface area contributed by atoms with Gasteiger partial charge in [0.25, 0.3) is 21.6 Å². The molecule has 370 valence electrons. The molecular formula is C51H59FN8O9S. The lowest BCUT2D eigenvalue weighted by Crippen LogP contribution is -2.56. The molecule has 5 aromatic rings. The highest BCUT2D eigenvalue weighted by molar-refractivity contribution is 7.90. The van der Waals surface area contributed by atoms with Crippen LogP contribution in [0.3, 0.4) is 0 Å². The van der Waals surface area contributed by atoms with E-state index in [0.29, 0.717) is 48.6 Å². The van der Waals surface area contributed by atoms with Crippen LogP contribution in [0.25, 0.3) is 11.0 Å². The molecule has 7 heterocycles. The van der Waals surface area contributed by atoms with Crippen LogP contribution in [0.15, 0.2) is 83.9 Å². The highest BCUT2D eigenvalue weighted by Gasteiger charge is 2.50. The van der Waals surface area contributed by atoms with Crippen LogP contribution in [0.2, 0.25) is 0 Å². The molecule has 19 heteroatoms. The Hall–Kier alpha value is -5.86. The number of ether oxygens (including phenoxy) is 4. The van der Waals surface area contributed by atoms with Crippen molar-refractivity contribution in [3.63, 3.8) is 0 Å². The van der Waals surface area contributed by atoms with Gasteiger partial charge in [-0.3, -0.25) is 19.8 Å². The molecule has 3 atom stereocenters. The average molecular weight is 979 g/mol. The Kier molecular flexibility index (Phi) is 12.4. The van der Waals surface area contributed by atoms with Crippen molar-refractivity contribution in [1.82, 2.24) is 19.6 Å². The lowest BCUT2D eigenvalue weighted by Gasteiger charge is -2.56. The van der Waals surface area contributed by atoms with E-state index in [1.165, 1.54) is 23.3 Å². The van der Waals surface area contributed by atoms with E-state index in [4.69, 9.17) is 23.9 Å². The zero-order chi connectivity index (χ0) is 48.2. The second-order valence-corrected chi connectivity index (χ2v) is 21.6. The molecule has 2 aromatic heterocycles. The van der Waals surface area contributed by atoms with Crippen molar-refractivity contribution < 1.29 is 41.5 Å². The van der Waals surface area contributed by atoms with Crippen LogP contribution in [0.1, 0.15) is 78.9 Å². The fraction of sp³-hybridized carbons (Fsp3) is 0.490. The number of alkyl halides is 1. The largest absolute Gasteiger partial charge is 0.468 e. The Labute approximate surface area is 406 Å². The number of aromatic nitrogens is 2. The fourth-order valence-electron chi connectivity index (χ4n) is 11.7. The number of aryl methyl sites for hydroxylation is 1. The van der Waals surface area contributed by atoms with Gasteiger partial charge in [0.2, 0.25) is 5.88 Å². The average Bonchev–Trinajstić information content (AvgIpc) is 3.68. The number of sulfonamides is 1. The molecule has 1 saturated carbocycles. The number of H-pyrrole nitrogens is 1. The van der Waals surface area contributed by atoms with Gasteiger partial charge in [-0.2, -0.15) is 4.98 Å². The number of benzene rings is 3. The number of fused-ring (bicyclic) bond motifs is 3. The van der Waals surface area contributed by atoms with E-state index in [1.54, 1.807) is 12.3 Å². The van der Waals surface area contributed by atoms with Crippen LogP contribution < -0.4 is 24.6 Å². The molecule has 70 heavy (non-hydrogen) atoms. The van der Waals surface area contributed by atoms with Crippen molar-refractivity contribution in [1.29, 1.82) is 0 Å². The molecule has 4 saturated heterocycles. The summed E-state index contributed by atoms with van der Waals surface area (Å²) in [5.74, 6) is -0.568. The number of nitrogens with one attached hydrogen (secondary N) is 3. The van der Waals surface area contributed by atoms with Crippen LogP contribution in [0.5, 0.6) is 5.88 Å². The summed E-state index contributed by atoms with van der Waals surface area (Å²) in [5, 5.41) is 15.9.